The molecule has 90 valence electrons. The molecule has 0 atom stereocenters. The predicted molar refractivity (Wildman–Crippen MR) is 58.5 cm³/mol. The Morgan fingerprint density at radius 2 is 1.87 bits per heavy atom. The van der Waals surface area contributed by atoms with Gasteiger partial charge in [0.2, 0.25) is 15.9 Å². The predicted octanol–water partition coefficient (Wildman–Crippen LogP) is -1.09. The van der Waals surface area contributed by atoms with E-state index in [-0.39, 0.29) is 11.7 Å². The number of rotatable bonds is 8. The summed E-state index contributed by atoms with van der Waals surface area (Å²) in [6.07, 6.45) is 2.37. The number of carbonyl (C=O) groups is 1. The highest BCUT2D eigenvalue weighted by Crippen LogP contribution is 1.93. The SMILES string of the molecule is NCCCCC(=O)NCCCS(N)(=O)=O. The topological polar surface area (TPSA) is 115 Å². The number of sulfonamides is 1. The summed E-state index contributed by atoms with van der Waals surface area (Å²) < 4.78 is 21.1. The van der Waals surface area contributed by atoms with E-state index >= 15 is 0 Å². The maximum atomic E-state index is 11.1. The van der Waals surface area contributed by atoms with Gasteiger partial charge >= 0.3 is 0 Å². The molecule has 15 heavy (non-hydrogen) atoms. The largest absolute Gasteiger partial charge is 0.356 e. The van der Waals surface area contributed by atoms with Gasteiger partial charge in [0.15, 0.2) is 0 Å². The summed E-state index contributed by atoms with van der Waals surface area (Å²) in [5.74, 6) is -0.173. The van der Waals surface area contributed by atoms with Crippen molar-refractivity contribution in [3.8, 4) is 0 Å². The van der Waals surface area contributed by atoms with Crippen molar-refractivity contribution < 1.29 is 13.2 Å². The first-order valence-electron chi connectivity index (χ1n) is 4.93. The lowest BCUT2D eigenvalue weighted by Gasteiger charge is -2.03. The van der Waals surface area contributed by atoms with Crippen molar-refractivity contribution in [2.45, 2.75) is 25.7 Å². The molecule has 0 fully saturated rings. The van der Waals surface area contributed by atoms with E-state index < -0.39 is 10.0 Å². The van der Waals surface area contributed by atoms with Crippen molar-refractivity contribution in [3.05, 3.63) is 0 Å². The van der Waals surface area contributed by atoms with Gasteiger partial charge in [0.25, 0.3) is 0 Å². The van der Waals surface area contributed by atoms with Crippen molar-refractivity contribution in [2.24, 2.45) is 10.9 Å². The molecular weight excluding hydrogens is 218 g/mol. The van der Waals surface area contributed by atoms with E-state index in [2.05, 4.69) is 5.32 Å². The van der Waals surface area contributed by atoms with Crippen LogP contribution >= 0.6 is 0 Å². The first-order chi connectivity index (χ1) is 6.95. The van der Waals surface area contributed by atoms with Crippen LogP contribution in [-0.4, -0.2) is 33.2 Å². The summed E-state index contributed by atoms with van der Waals surface area (Å²) in [5.41, 5.74) is 5.27. The summed E-state index contributed by atoms with van der Waals surface area (Å²) in [6.45, 7) is 0.927. The van der Waals surface area contributed by atoms with Crippen LogP contribution < -0.4 is 16.2 Å². The van der Waals surface area contributed by atoms with Gasteiger partial charge in [0.05, 0.1) is 5.75 Å². The Morgan fingerprint density at radius 1 is 1.20 bits per heavy atom. The minimum Gasteiger partial charge on any atom is -0.356 e. The monoisotopic (exact) mass is 237 g/mol. The van der Waals surface area contributed by atoms with Crippen LogP contribution in [0.2, 0.25) is 0 Å². The molecule has 0 aliphatic rings. The van der Waals surface area contributed by atoms with Crippen LogP contribution in [0.15, 0.2) is 0 Å². The molecule has 0 aromatic carbocycles. The fraction of sp³-hybridized carbons (Fsp3) is 0.875. The van der Waals surface area contributed by atoms with Crippen molar-refractivity contribution in [2.75, 3.05) is 18.8 Å². The maximum absolute atomic E-state index is 11.1. The number of hydrogen-bond donors (Lipinski definition) is 3. The number of amides is 1. The Labute approximate surface area is 90.4 Å². The lowest BCUT2D eigenvalue weighted by molar-refractivity contribution is -0.121. The molecule has 0 aliphatic carbocycles. The Balaban J connectivity index is 3.39. The van der Waals surface area contributed by atoms with E-state index in [1.807, 2.05) is 0 Å². The van der Waals surface area contributed by atoms with E-state index in [0.717, 1.165) is 12.8 Å². The molecule has 1 amide bonds. The normalized spacial score (nSPS) is 11.3. The summed E-state index contributed by atoms with van der Waals surface area (Å²) in [7, 11) is -3.41. The number of unbranched alkanes of at least 4 members (excludes halogenated alkanes) is 1. The molecule has 0 saturated heterocycles. The van der Waals surface area contributed by atoms with Gasteiger partial charge in [-0.15, -0.1) is 0 Å². The molecule has 0 aromatic heterocycles. The average molecular weight is 237 g/mol. The lowest BCUT2D eigenvalue weighted by Crippen LogP contribution is -2.27. The van der Waals surface area contributed by atoms with Crippen LogP contribution in [0, 0.1) is 0 Å². The molecule has 7 heteroatoms. The fourth-order valence-corrected chi connectivity index (χ4v) is 1.57. The summed E-state index contributed by atoms with van der Waals surface area (Å²) in [4.78, 5) is 11.1. The minimum atomic E-state index is -3.41. The molecule has 0 saturated carbocycles. The standard InChI is InChI=1S/C8H19N3O3S/c9-5-2-1-4-8(12)11-6-3-7-15(10,13)14/h1-7,9H2,(H,11,12)(H2,10,13,14). The number of nitrogens with two attached hydrogens (primary N) is 2. The van der Waals surface area contributed by atoms with E-state index in [0.29, 0.717) is 25.9 Å². The third-order valence-electron chi connectivity index (χ3n) is 1.79. The number of nitrogens with one attached hydrogen (secondary N) is 1. The second kappa shape index (κ2) is 7.61. The van der Waals surface area contributed by atoms with Gasteiger partial charge in [-0.05, 0) is 25.8 Å². The highest BCUT2D eigenvalue weighted by Gasteiger charge is 2.03. The molecular formula is C8H19N3O3S. The molecule has 0 bridgehead atoms. The van der Waals surface area contributed by atoms with Crippen LogP contribution in [0.5, 0.6) is 0 Å². The Hall–Kier alpha value is -0.660. The van der Waals surface area contributed by atoms with E-state index in [1.165, 1.54) is 0 Å². The smallest absolute Gasteiger partial charge is 0.219 e. The molecule has 6 nitrogen and oxygen atoms in total. The van der Waals surface area contributed by atoms with E-state index in [9.17, 15) is 13.2 Å². The summed E-state index contributed by atoms with van der Waals surface area (Å²) in [6, 6.07) is 0. The maximum Gasteiger partial charge on any atom is 0.219 e. The fourth-order valence-electron chi connectivity index (χ4n) is 1.02. The zero-order valence-corrected chi connectivity index (χ0v) is 9.55. The van der Waals surface area contributed by atoms with Crippen LogP contribution in [-0.2, 0) is 14.8 Å². The number of carbonyl (C=O) groups excluding carboxylic acids is 1. The Bertz CT molecular complexity index is 277. The molecule has 0 aliphatic heterocycles. The summed E-state index contributed by atoms with van der Waals surface area (Å²) in [5, 5.41) is 7.41. The van der Waals surface area contributed by atoms with Gasteiger partial charge in [-0.25, -0.2) is 13.6 Å². The van der Waals surface area contributed by atoms with Gasteiger partial charge in [0, 0.05) is 13.0 Å². The van der Waals surface area contributed by atoms with E-state index in [4.69, 9.17) is 10.9 Å². The zero-order valence-electron chi connectivity index (χ0n) is 8.74. The Morgan fingerprint density at radius 3 is 2.40 bits per heavy atom. The van der Waals surface area contributed by atoms with Crippen molar-refractivity contribution in [3.63, 3.8) is 0 Å². The first-order valence-corrected chi connectivity index (χ1v) is 6.64. The van der Waals surface area contributed by atoms with Crippen molar-refractivity contribution in [1.82, 2.24) is 5.32 Å². The molecule has 0 rings (SSSR count). The number of primary sulfonamides is 1. The minimum absolute atomic E-state index is 0.0714. The van der Waals surface area contributed by atoms with Gasteiger partial charge in [-0.3, -0.25) is 4.79 Å². The van der Waals surface area contributed by atoms with Gasteiger partial charge in [0.1, 0.15) is 0 Å². The van der Waals surface area contributed by atoms with Crippen LogP contribution in [0.1, 0.15) is 25.7 Å². The van der Waals surface area contributed by atoms with Gasteiger partial charge in [-0.2, -0.15) is 0 Å². The molecule has 0 aromatic rings. The van der Waals surface area contributed by atoms with Crippen molar-refractivity contribution in [1.29, 1.82) is 0 Å². The molecule has 0 spiro atoms. The van der Waals surface area contributed by atoms with Gasteiger partial charge < -0.3 is 11.1 Å². The van der Waals surface area contributed by atoms with Gasteiger partial charge in [-0.1, -0.05) is 0 Å². The first kappa shape index (κ1) is 14.3. The number of hydrogen-bond acceptors (Lipinski definition) is 4. The third-order valence-corrected chi connectivity index (χ3v) is 2.64. The quantitative estimate of drug-likeness (QED) is 0.465. The third kappa shape index (κ3) is 11.3. The second-order valence-electron chi connectivity index (χ2n) is 3.32. The van der Waals surface area contributed by atoms with Crippen LogP contribution in [0.4, 0.5) is 0 Å². The highest BCUT2D eigenvalue weighted by atomic mass is 32.2. The molecule has 0 heterocycles. The van der Waals surface area contributed by atoms with Crippen LogP contribution in [0.25, 0.3) is 0 Å². The lowest BCUT2D eigenvalue weighted by atomic mass is 10.2. The summed E-state index contributed by atoms with van der Waals surface area (Å²) >= 11 is 0. The van der Waals surface area contributed by atoms with Crippen molar-refractivity contribution >= 4 is 15.9 Å². The molecule has 5 N–H and O–H groups in total. The Kier molecular flexibility index (Phi) is 7.27. The average Bonchev–Trinajstić information content (AvgIpc) is 2.11. The molecule has 0 unspecified atom stereocenters. The van der Waals surface area contributed by atoms with E-state index in [1.54, 1.807) is 0 Å². The van der Waals surface area contributed by atoms with Crippen LogP contribution in [0.3, 0.4) is 0 Å². The second-order valence-corrected chi connectivity index (χ2v) is 5.05. The molecule has 0 radical (unpaired) electrons. The highest BCUT2D eigenvalue weighted by molar-refractivity contribution is 7.89. The zero-order chi connectivity index (χ0) is 11.7.